The van der Waals surface area contributed by atoms with Gasteiger partial charge in [-0.1, -0.05) is 0 Å². The Hall–Kier alpha value is -2.26. The van der Waals surface area contributed by atoms with Gasteiger partial charge in [0.15, 0.2) is 6.04 Å². The van der Waals surface area contributed by atoms with Gasteiger partial charge in [0.1, 0.15) is 5.82 Å². The number of rotatable bonds is 3. The van der Waals surface area contributed by atoms with Crippen LogP contribution < -0.4 is 5.32 Å². The number of carbonyl (C=O) groups excluding carboxylic acids is 2. The number of carbonyl (C=O) groups is 2. The molecule has 0 spiro atoms. The van der Waals surface area contributed by atoms with E-state index in [0.717, 1.165) is 11.1 Å². The average Bonchev–Trinajstić information content (AvgIpc) is 3.24. The molecule has 10 heteroatoms. The monoisotopic (exact) mass is 413 g/mol. The second-order valence-electron chi connectivity index (χ2n) is 8.30. The van der Waals surface area contributed by atoms with Gasteiger partial charge in [-0.3, -0.25) is 9.59 Å². The summed E-state index contributed by atoms with van der Waals surface area (Å²) >= 11 is 0. The third kappa shape index (κ3) is 4.06. The minimum Gasteiger partial charge on any atom is -0.367 e. The maximum absolute atomic E-state index is 13.6. The Morgan fingerprint density at radius 1 is 1.28 bits per heavy atom. The fraction of sp³-hybridized carbons (Fsp3) is 0.737. The number of amides is 2. The van der Waals surface area contributed by atoms with Gasteiger partial charge in [0.2, 0.25) is 11.8 Å². The Morgan fingerprint density at radius 3 is 2.62 bits per heavy atom. The van der Waals surface area contributed by atoms with E-state index in [0.29, 0.717) is 50.4 Å². The van der Waals surface area contributed by atoms with Crippen molar-refractivity contribution in [2.45, 2.75) is 57.3 Å². The number of halogens is 3. The average molecular weight is 413 g/mol. The maximum atomic E-state index is 13.6. The third-order valence-electron chi connectivity index (χ3n) is 6.30. The van der Waals surface area contributed by atoms with Crippen molar-refractivity contribution in [2.24, 2.45) is 5.92 Å². The first-order chi connectivity index (χ1) is 13.7. The number of nitrogens with zero attached hydrogens (tertiary/aromatic N) is 4. The second kappa shape index (κ2) is 7.53. The molecule has 0 radical (unpaired) electrons. The van der Waals surface area contributed by atoms with Crippen LogP contribution in [0.4, 0.5) is 19.0 Å². The SMILES string of the molecule is Cc1cc2n(n1)[C@@H](C(F)(F)F)C[C@@H](C1CCN(C(=O)CN3CCCC3=O)CC1)N2. The molecule has 29 heavy (non-hydrogen) atoms. The first kappa shape index (κ1) is 20.0. The first-order valence-corrected chi connectivity index (χ1v) is 10.2. The number of nitrogens with one attached hydrogen (secondary N) is 1. The molecular formula is C19H26F3N5O2. The molecule has 2 fully saturated rings. The molecular weight excluding hydrogens is 387 g/mol. The molecule has 0 saturated carbocycles. The van der Waals surface area contributed by atoms with Crippen molar-refractivity contribution in [3.63, 3.8) is 0 Å². The molecule has 7 nitrogen and oxygen atoms in total. The number of likely N-dealkylation sites (tertiary alicyclic amines) is 2. The summed E-state index contributed by atoms with van der Waals surface area (Å²) in [5.74, 6) is 0.412. The molecule has 4 rings (SSSR count). The van der Waals surface area contributed by atoms with Gasteiger partial charge in [-0.25, -0.2) is 4.68 Å². The van der Waals surface area contributed by atoms with Gasteiger partial charge in [-0.15, -0.1) is 0 Å². The quantitative estimate of drug-likeness (QED) is 0.826. The number of hydrogen-bond acceptors (Lipinski definition) is 4. The van der Waals surface area contributed by atoms with Crippen LogP contribution in [0.5, 0.6) is 0 Å². The highest BCUT2D eigenvalue weighted by molar-refractivity contribution is 5.85. The van der Waals surface area contributed by atoms with Crippen LogP contribution in [-0.4, -0.2) is 69.8 Å². The highest BCUT2D eigenvalue weighted by Crippen LogP contribution is 2.42. The van der Waals surface area contributed by atoms with E-state index in [1.807, 2.05) is 0 Å². The minimum atomic E-state index is -4.35. The summed E-state index contributed by atoms with van der Waals surface area (Å²) in [7, 11) is 0. The molecule has 1 N–H and O–H groups in total. The van der Waals surface area contributed by atoms with Crippen molar-refractivity contribution in [1.29, 1.82) is 0 Å². The minimum absolute atomic E-state index is 0.0183. The summed E-state index contributed by atoms with van der Waals surface area (Å²) in [5, 5.41) is 7.26. The lowest BCUT2D eigenvalue weighted by Crippen LogP contribution is -2.49. The zero-order valence-electron chi connectivity index (χ0n) is 16.4. The third-order valence-corrected chi connectivity index (χ3v) is 6.30. The van der Waals surface area contributed by atoms with Gasteiger partial charge in [0.05, 0.1) is 12.2 Å². The normalized spacial score (nSPS) is 25.9. The fourth-order valence-electron chi connectivity index (χ4n) is 4.72. The predicted octanol–water partition coefficient (Wildman–Crippen LogP) is 2.34. The Morgan fingerprint density at radius 2 is 2.00 bits per heavy atom. The largest absolute Gasteiger partial charge is 0.410 e. The topological polar surface area (TPSA) is 70.5 Å². The van der Waals surface area contributed by atoms with E-state index in [2.05, 4.69) is 10.4 Å². The van der Waals surface area contributed by atoms with Gasteiger partial charge in [0, 0.05) is 38.2 Å². The van der Waals surface area contributed by atoms with Crippen molar-refractivity contribution in [2.75, 3.05) is 31.5 Å². The summed E-state index contributed by atoms with van der Waals surface area (Å²) in [6, 6.07) is -0.280. The highest BCUT2D eigenvalue weighted by Gasteiger charge is 2.47. The van der Waals surface area contributed by atoms with Gasteiger partial charge < -0.3 is 15.1 Å². The summed E-state index contributed by atoms with van der Waals surface area (Å²) in [6.45, 7) is 3.45. The molecule has 2 amide bonds. The van der Waals surface area contributed by atoms with Crippen LogP contribution in [0.3, 0.4) is 0 Å². The Labute approximate surface area is 167 Å². The zero-order chi connectivity index (χ0) is 20.8. The van der Waals surface area contributed by atoms with E-state index in [9.17, 15) is 22.8 Å². The van der Waals surface area contributed by atoms with Crippen LogP contribution in [0.25, 0.3) is 0 Å². The summed E-state index contributed by atoms with van der Waals surface area (Å²) in [4.78, 5) is 27.5. The predicted molar refractivity (Wildman–Crippen MR) is 99.2 cm³/mol. The second-order valence-corrected chi connectivity index (χ2v) is 8.30. The lowest BCUT2D eigenvalue weighted by Gasteiger charge is -2.41. The first-order valence-electron chi connectivity index (χ1n) is 10.2. The number of anilines is 1. The van der Waals surface area contributed by atoms with E-state index in [-0.39, 0.29) is 36.7 Å². The van der Waals surface area contributed by atoms with E-state index in [1.54, 1.807) is 22.8 Å². The fourth-order valence-corrected chi connectivity index (χ4v) is 4.72. The molecule has 160 valence electrons. The Bertz CT molecular complexity index is 785. The van der Waals surface area contributed by atoms with Crippen LogP contribution in [-0.2, 0) is 9.59 Å². The number of fused-ring (bicyclic) bond motifs is 1. The van der Waals surface area contributed by atoms with Crippen LogP contribution in [0.2, 0.25) is 0 Å². The Kier molecular flexibility index (Phi) is 5.20. The van der Waals surface area contributed by atoms with Crippen molar-refractivity contribution in [3.05, 3.63) is 11.8 Å². The molecule has 0 unspecified atom stereocenters. The van der Waals surface area contributed by atoms with Gasteiger partial charge >= 0.3 is 6.18 Å². The number of aryl methyl sites for hydroxylation is 1. The number of alkyl halides is 3. The van der Waals surface area contributed by atoms with Crippen LogP contribution in [0.1, 0.15) is 43.8 Å². The molecule has 1 aromatic heterocycles. The van der Waals surface area contributed by atoms with Crippen LogP contribution in [0.15, 0.2) is 6.07 Å². The summed E-state index contributed by atoms with van der Waals surface area (Å²) in [6.07, 6.45) is -1.83. The van der Waals surface area contributed by atoms with Crippen LogP contribution >= 0.6 is 0 Å². The standard InChI is InChI=1S/C19H26F3N5O2/c1-12-9-16-23-14(10-15(19(20,21)22)27(16)24-12)13-4-7-25(8-5-13)18(29)11-26-6-2-3-17(26)28/h9,13-15,23H,2-8,10-11H2,1H3/t14-,15+/m0/s1. The van der Waals surface area contributed by atoms with Gasteiger partial charge in [0.25, 0.3) is 0 Å². The molecule has 2 saturated heterocycles. The van der Waals surface area contributed by atoms with Gasteiger partial charge in [-0.05, 0) is 38.5 Å². The smallest absolute Gasteiger partial charge is 0.367 e. The number of hydrogen-bond donors (Lipinski definition) is 1. The van der Waals surface area contributed by atoms with Crippen molar-refractivity contribution >= 4 is 17.6 Å². The molecule has 3 aliphatic rings. The van der Waals surface area contributed by atoms with E-state index >= 15 is 0 Å². The molecule has 3 aliphatic heterocycles. The van der Waals surface area contributed by atoms with Crippen molar-refractivity contribution in [3.8, 4) is 0 Å². The zero-order valence-corrected chi connectivity index (χ0v) is 16.4. The van der Waals surface area contributed by atoms with Gasteiger partial charge in [-0.2, -0.15) is 18.3 Å². The van der Waals surface area contributed by atoms with E-state index in [1.165, 1.54) is 0 Å². The van der Waals surface area contributed by atoms with Crippen molar-refractivity contribution in [1.82, 2.24) is 19.6 Å². The molecule has 0 bridgehead atoms. The van der Waals surface area contributed by atoms with E-state index < -0.39 is 12.2 Å². The summed E-state index contributed by atoms with van der Waals surface area (Å²) < 4.78 is 41.8. The Balaban J connectivity index is 1.37. The number of aromatic nitrogens is 2. The maximum Gasteiger partial charge on any atom is 0.410 e. The number of piperidine rings is 1. The van der Waals surface area contributed by atoms with Crippen molar-refractivity contribution < 1.29 is 22.8 Å². The van der Waals surface area contributed by atoms with E-state index in [4.69, 9.17) is 0 Å². The summed E-state index contributed by atoms with van der Waals surface area (Å²) in [5.41, 5.74) is 0.555. The molecule has 0 aromatic carbocycles. The lowest BCUT2D eigenvalue weighted by atomic mass is 9.84. The highest BCUT2D eigenvalue weighted by atomic mass is 19.4. The molecule has 1 aromatic rings. The van der Waals surface area contributed by atoms with Crippen LogP contribution in [0, 0.1) is 12.8 Å². The lowest BCUT2D eigenvalue weighted by molar-refractivity contribution is -0.174. The molecule has 0 aliphatic carbocycles. The molecule has 4 heterocycles. The molecule has 2 atom stereocenters.